The lowest BCUT2D eigenvalue weighted by Crippen LogP contribution is -2.22. The molecule has 0 saturated heterocycles. The largest absolute Gasteiger partial charge is 0.469 e. The van der Waals surface area contributed by atoms with Gasteiger partial charge in [0.1, 0.15) is 0 Å². The maximum Gasteiger partial charge on any atom is 0.313 e. The van der Waals surface area contributed by atoms with Crippen LogP contribution in [-0.4, -0.2) is 18.9 Å². The molecule has 0 aromatic heterocycles. The van der Waals surface area contributed by atoms with Crippen molar-refractivity contribution in [1.29, 1.82) is 0 Å². The molecular weight excluding hydrogens is 192 g/mol. The van der Waals surface area contributed by atoms with Crippen molar-refractivity contribution < 1.29 is 14.3 Å². The molecule has 1 aromatic rings. The third-order valence-electron chi connectivity index (χ3n) is 2.78. The van der Waals surface area contributed by atoms with Gasteiger partial charge in [0.2, 0.25) is 0 Å². The van der Waals surface area contributed by atoms with E-state index in [0.29, 0.717) is 18.4 Å². The zero-order valence-electron chi connectivity index (χ0n) is 8.53. The van der Waals surface area contributed by atoms with Crippen molar-refractivity contribution in [2.75, 3.05) is 7.11 Å². The molecule has 0 saturated carbocycles. The fourth-order valence-electron chi connectivity index (χ4n) is 2.01. The number of esters is 1. The number of rotatable bonds is 1. The zero-order valence-corrected chi connectivity index (χ0v) is 8.53. The normalized spacial score (nSPS) is 19.5. The Morgan fingerprint density at radius 1 is 1.40 bits per heavy atom. The second-order valence-corrected chi connectivity index (χ2v) is 3.62. The number of ketones is 1. The molecule has 1 aromatic carbocycles. The van der Waals surface area contributed by atoms with E-state index in [1.54, 1.807) is 6.07 Å². The van der Waals surface area contributed by atoms with Crippen LogP contribution in [0.3, 0.4) is 0 Å². The molecule has 0 unspecified atom stereocenters. The highest BCUT2D eigenvalue weighted by molar-refractivity contribution is 6.01. The number of Topliss-reactive ketones (excluding diaryl/α,β-unsaturated/α-hetero) is 1. The first-order chi connectivity index (χ1) is 7.24. The van der Waals surface area contributed by atoms with Crippen LogP contribution >= 0.6 is 0 Å². The Labute approximate surface area is 88.1 Å². The topological polar surface area (TPSA) is 43.4 Å². The Bertz CT molecular complexity index is 409. The van der Waals surface area contributed by atoms with E-state index in [1.807, 2.05) is 18.2 Å². The van der Waals surface area contributed by atoms with Gasteiger partial charge in [-0.1, -0.05) is 24.3 Å². The summed E-state index contributed by atoms with van der Waals surface area (Å²) >= 11 is 0. The summed E-state index contributed by atoms with van der Waals surface area (Å²) < 4.78 is 4.73. The van der Waals surface area contributed by atoms with Crippen LogP contribution in [0.4, 0.5) is 0 Å². The van der Waals surface area contributed by atoms with Gasteiger partial charge in [0, 0.05) is 12.0 Å². The van der Waals surface area contributed by atoms with Crippen molar-refractivity contribution >= 4 is 11.8 Å². The van der Waals surface area contributed by atoms with Crippen LogP contribution in [-0.2, 0) is 9.53 Å². The summed E-state index contributed by atoms with van der Waals surface area (Å²) in [7, 11) is 1.38. The van der Waals surface area contributed by atoms with E-state index in [0.717, 1.165) is 5.56 Å². The summed E-state index contributed by atoms with van der Waals surface area (Å²) in [5.74, 6) is -0.412. The second kappa shape index (κ2) is 3.85. The minimum Gasteiger partial charge on any atom is -0.469 e. The van der Waals surface area contributed by atoms with Gasteiger partial charge in [0.25, 0.3) is 0 Å². The Morgan fingerprint density at radius 2 is 2.13 bits per heavy atom. The van der Waals surface area contributed by atoms with Crippen molar-refractivity contribution in [2.24, 2.45) is 0 Å². The van der Waals surface area contributed by atoms with Crippen molar-refractivity contribution in [3.63, 3.8) is 0 Å². The highest BCUT2D eigenvalue weighted by Crippen LogP contribution is 2.32. The van der Waals surface area contributed by atoms with Gasteiger partial charge in [0.15, 0.2) is 5.78 Å². The van der Waals surface area contributed by atoms with Gasteiger partial charge < -0.3 is 4.74 Å². The van der Waals surface area contributed by atoms with Crippen LogP contribution in [0.5, 0.6) is 0 Å². The Balaban J connectivity index is 2.44. The Morgan fingerprint density at radius 3 is 2.87 bits per heavy atom. The fourth-order valence-corrected chi connectivity index (χ4v) is 2.01. The number of ether oxygens (including phenoxy) is 1. The first kappa shape index (κ1) is 9.90. The molecule has 1 aliphatic rings. The van der Waals surface area contributed by atoms with E-state index >= 15 is 0 Å². The van der Waals surface area contributed by atoms with Gasteiger partial charge in [-0.25, -0.2) is 0 Å². The van der Waals surface area contributed by atoms with Crippen molar-refractivity contribution in [1.82, 2.24) is 0 Å². The summed E-state index contributed by atoms with van der Waals surface area (Å²) in [6, 6.07) is 7.25. The lowest BCUT2D eigenvalue weighted by Gasteiger charge is -2.22. The predicted molar refractivity (Wildman–Crippen MR) is 54.8 cm³/mol. The maximum absolute atomic E-state index is 11.6. The monoisotopic (exact) mass is 204 g/mol. The maximum atomic E-state index is 11.6. The molecule has 0 fully saturated rings. The van der Waals surface area contributed by atoms with Gasteiger partial charge in [-0.3, -0.25) is 9.59 Å². The SMILES string of the molecule is COC(=O)[C@H]1CCC(=O)c2ccccc21. The standard InChI is InChI=1S/C12H12O3/c1-15-12(14)10-6-7-11(13)9-5-3-2-4-8(9)10/h2-5,10H,6-7H2,1H3/t10-/m0/s1. The molecule has 0 radical (unpaired) electrons. The summed E-state index contributed by atoms with van der Waals surface area (Å²) in [5.41, 5.74) is 1.47. The molecule has 0 heterocycles. The minimum absolute atomic E-state index is 0.116. The third-order valence-corrected chi connectivity index (χ3v) is 2.78. The number of fused-ring (bicyclic) bond motifs is 1. The lowest BCUT2D eigenvalue weighted by atomic mass is 9.82. The van der Waals surface area contributed by atoms with Crippen LogP contribution in [0.1, 0.15) is 34.7 Å². The molecule has 0 bridgehead atoms. The van der Waals surface area contributed by atoms with Gasteiger partial charge >= 0.3 is 5.97 Å². The fraction of sp³-hybridized carbons (Fsp3) is 0.333. The van der Waals surface area contributed by atoms with Crippen LogP contribution < -0.4 is 0 Å². The van der Waals surface area contributed by atoms with Crippen LogP contribution in [0.25, 0.3) is 0 Å². The van der Waals surface area contributed by atoms with E-state index < -0.39 is 0 Å². The Hall–Kier alpha value is -1.64. The molecule has 0 amide bonds. The first-order valence-electron chi connectivity index (χ1n) is 4.94. The van der Waals surface area contributed by atoms with Crippen molar-refractivity contribution in [3.05, 3.63) is 35.4 Å². The van der Waals surface area contributed by atoms with Gasteiger partial charge in [-0.15, -0.1) is 0 Å². The summed E-state index contributed by atoms with van der Waals surface area (Å²) in [5, 5.41) is 0. The van der Waals surface area contributed by atoms with Gasteiger partial charge in [-0.2, -0.15) is 0 Å². The number of hydrogen-bond donors (Lipinski definition) is 0. The van der Waals surface area contributed by atoms with E-state index in [2.05, 4.69) is 0 Å². The lowest BCUT2D eigenvalue weighted by molar-refractivity contribution is -0.142. The molecule has 0 spiro atoms. The van der Waals surface area contributed by atoms with E-state index in [1.165, 1.54) is 7.11 Å². The summed E-state index contributed by atoms with van der Waals surface area (Å²) in [4.78, 5) is 23.1. The second-order valence-electron chi connectivity index (χ2n) is 3.62. The molecule has 0 aliphatic heterocycles. The van der Waals surface area contributed by atoms with E-state index in [-0.39, 0.29) is 17.7 Å². The number of carbonyl (C=O) groups excluding carboxylic acids is 2. The van der Waals surface area contributed by atoms with Gasteiger partial charge in [-0.05, 0) is 12.0 Å². The molecule has 1 aliphatic carbocycles. The quantitative estimate of drug-likeness (QED) is 0.656. The summed E-state index contributed by atoms with van der Waals surface area (Å²) in [6.07, 6.45) is 0.985. The van der Waals surface area contributed by atoms with Crippen LogP contribution in [0.15, 0.2) is 24.3 Å². The van der Waals surface area contributed by atoms with Crippen LogP contribution in [0.2, 0.25) is 0 Å². The first-order valence-corrected chi connectivity index (χ1v) is 4.94. The summed E-state index contributed by atoms with van der Waals surface area (Å²) in [6.45, 7) is 0. The average Bonchev–Trinajstić information content (AvgIpc) is 2.29. The van der Waals surface area contributed by atoms with Crippen molar-refractivity contribution in [2.45, 2.75) is 18.8 Å². The highest BCUT2D eigenvalue weighted by atomic mass is 16.5. The minimum atomic E-state index is -0.274. The molecule has 1 atom stereocenters. The molecule has 15 heavy (non-hydrogen) atoms. The third kappa shape index (κ3) is 1.65. The molecule has 3 nitrogen and oxygen atoms in total. The number of hydrogen-bond acceptors (Lipinski definition) is 3. The predicted octanol–water partition coefficient (Wildman–Crippen LogP) is 1.92. The number of benzene rings is 1. The molecular formula is C12H12O3. The molecule has 2 rings (SSSR count). The van der Waals surface area contributed by atoms with E-state index in [4.69, 9.17) is 4.74 Å². The van der Waals surface area contributed by atoms with Crippen molar-refractivity contribution in [3.8, 4) is 0 Å². The number of methoxy groups -OCH3 is 1. The molecule has 78 valence electrons. The van der Waals surface area contributed by atoms with E-state index in [9.17, 15) is 9.59 Å². The highest BCUT2D eigenvalue weighted by Gasteiger charge is 2.30. The van der Waals surface area contributed by atoms with Gasteiger partial charge in [0.05, 0.1) is 13.0 Å². The van der Waals surface area contributed by atoms with Crippen LogP contribution in [0, 0.1) is 0 Å². The number of carbonyl (C=O) groups is 2. The Kier molecular flexibility index (Phi) is 2.54. The zero-order chi connectivity index (χ0) is 10.8. The smallest absolute Gasteiger partial charge is 0.313 e. The average molecular weight is 204 g/mol. The molecule has 0 N–H and O–H groups in total. The molecule has 3 heteroatoms.